The number of amides is 1. The van der Waals surface area contributed by atoms with E-state index in [9.17, 15) is 9.18 Å². The molecule has 0 aliphatic rings. The average molecular weight is 306 g/mol. The van der Waals surface area contributed by atoms with E-state index >= 15 is 0 Å². The molecule has 1 amide bonds. The van der Waals surface area contributed by atoms with Gasteiger partial charge in [-0.1, -0.05) is 0 Å². The molecule has 0 aromatic heterocycles. The van der Waals surface area contributed by atoms with Crippen molar-refractivity contribution < 1.29 is 18.7 Å². The van der Waals surface area contributed by atoms with E-state index in [1.54, 1.807) is 6.92 Å². The number of ether oxygens (including phenoxy) is 2. The topological polar surface area (TPSA) is 47.6 Å². The molecule has 0 aliphatic heterocycles. The van der Waals surface area contributed by atoms with Crippen LogP contribution >= 0.6 is 15.9 Å². The van der Waals surface area contributed by atoms with Crippen molar-refractivity contribution in [3.8, 4) is 5.75 Å². The van der Waals surface area contributed by atoms with Gasteiger partial charge >= 0.3 is 6.09 Å². The molecule has 1 aromatic carbocycles. The van der Waals surface area contributed by atoms with Crippen LogP contribution in [-0.2, 0) is 4.74 Å². The Morgan fingerprint density at radius 1 is 1.41 bits per heavy atom. The Morgan fingerprint density at radius 2 is 2.12 bits per heavy atom. The van der Waals surface area contributed by atoms with Gasteiger partial charge in [0.15, 0.2) is 0 Å². The van der Waals surface area contributed by atoms with Crippen LogP contribution in [0, 0.1) is 5.82 Å². The highest BCUT2D eigenvalue weighted by Crippen LogP contribution is 2.30. The molecule has 6 heteroatoms. The first-order valence-electron chi connectivity index (χ1n) is 5.14. The third kappa shape index (κ3) is 3.89. The van der Waals surface area contributed by atoms with Crippen LogP contribution < -0.4 is 10.1 Å². The van der Waals surface area contributed by atoms with Gasteiger partial charge in [0.1, 0.15) is 11.6 Å². The number of rotatable bonds is 4. The highest BCUT2D eigenvalue weighted by Gasteiger charge is 2.12. The Balaban J connectivity index is 2.91. The number of carbonyl (C=O) groups is 1. The lowest BCUT2D eigenvalue weighted by atomic mass is 10.3. The van der Waals surface area contributed by atoms with Crippen molar-refractivity contribution in [3.05, 3.63) is 22.4 Å². The second-order valence-electron chi connectivity index (χ2n) is 3.04. The molecule has 1 aromatic rings. The van der Waals surface area contributed by atoms with Gasteiger partial charge in [0.2, 0.25) is 0 Å². The monoisotopic (exact) mass is 305 g/mol. The fourth-order valence-corrected chi connectivity index (χ4v) is 1.60. The summed E-state index contributed by atoms with van der Waals surface area (Å²) in [7, 11) is 0. The van der Waals surface area contributed by atoms with Gasteiger partial charge in [-0.25, -0.2) is 9.18 Å². The van der Waals surface area contributed by atoms with E-state index in [0.29, 0.717) is 16.8 Å². The lowest BCUT2D eigenvalue weighted by Gasteiger charge is -2.10. The van der Waals surface area contributed by atoms with Crippen LogP contribution in [0.15, 0.2) is 16.6 Å². The van der Waals surface area contributed by atoms with E-state index in [4.69, 9.17) is 4.74 Å². The highest BCUT2D eigenvalue weighted by molar-refractivity contribution is 9.10. The number of benzene rings is 1. The van der Waals surface area contributed by atoms with Crippen LogP contribution in [0.4, 0.5) is 14.9 Å². The molecule has 0 fully saturated rings. The standard InChI is InChI=1S/C11H13BrFNO3/c1-3-16-10-6-9(8(13)5-7(10)12)14-11(15)17-4-2/h5-6H,3-4H2,1-2H3,(H,14,15). The maximum absolute atomic E-state index is 13.5. The van der Waals surface area contributed by atoms with Crippen molar-refractivity contribution in [2.45, 2.75) is 13.8 Å². The van der Waals surface area contributed by atoms with E-state index in [2.05, 4.69) is 26.0 Å². The SMILES string of the molecule is CCOC(=O)Nc1cc(OCC)c(Br)cc1F. The molecule has 1 rings (SSSR count). The van der Waals surface area contributed by atoms with Gasteiger partial charge in [0.05, 0.1) is 23.4 Å². The summed E-state index contributed by atoms with van der Waals surface area (Å²) in [6.45, 7) is 4.16. The highest BCUT2D eigenvalue weighted by atomic mass is 79.9. The molecule has 4 nitrogen and oxygen atoms in total. The quantitative estimate of drug-likeness (QED) is 0.925. The van der Waals surface area contributed by atoms with Crippen LogP contribution in [0.3, 0.4) is 0 Å². The molecular weight excluding hydrogens is 293 g/mol. The number of carbonyl (C=O) groups excluding carboxylic acids is 1. The van der Waals surface area contributed by atoms with Crippen molar-refractivity contribution >= 4 is 27.7 Å². The number of halogens is 2. The minimum atomic E-state index is -0.698. The molecule has 0 unspecified atom stereocenters. The molecule has 0 heterocycles. The predicted molar refractivity (Wildman–Crippen MR) is 65.9 cm³/mol. The van der Waals surface area contributed by atoms with Crippen LogP contribution in [0.25, 0.3) is 0 Å². The minimum Gasteiger partial charge on any atom is -0.493 e. The smallest absolute Gasteiger partial charge is 0.411 e. The third-order valence-electron chi connectivity index (χ3n) is 1.83. The van der Waals surface area contributed by atoms with Crippen molar-refractivity contribution in [3.63, 3.8) is 0 Å². The zero-order chi connectivity index (χ0) is 12.8. The van der Waals surface area contributed by atoms with E-state index in [1.807, 2.05) is 6.92 Å². The number of hydrogen-bond donors (Lipinski definition) is 1. The van der Waals surface area contributed by atoms with E-state index in [-0.39, 0.29) is 12.3 Å². The van der Waals surface area contributed by atoms with Crippen LogP contribution in [0.1, 0.15) is 13.8 Å². The van der Waals surface area contributed by atoms with Crippen LogP contribution in [0.2, 0.25) is 0 Å². The van der Waals surface area contributed by atoms with Gasteiger partial charge in [0, 0.05) is 6.07 Å². The zero-order valence-electron chi connectivity index (χ0n) is 9.55. The molecule has 0 saturated heterocycles. The summed E-state index contributed by atoms with van der Waals surface area (Å²) >= 11 is 3.17. The first-order chi connectivity index (χ1) is 8.08. The zero-order valence-corrected chi connectivity index (χ0v) is 11.1. The summed E-state index contributed by atoms with van der Waals surface area (Å²) in [5.41, 5.74) is 0.0232. The summed E-state index contributed by atoms with van der Waals surface area (Å²) in [4.78, 5) is 11.2. The molecular formula is C11H13BrFNO3. The van der Waals surface area contributed by atoms with Gasteiger partial charge in [-0.3, -0.25) is 5.32 Å². The van der Waals surface area contributed by atoms with Crippen LogP contribution in [-0.4, -0.2) is 19.3 Å². The van der Waals surface area contributed by atoms with Gasteiger partial charge < -0.3 is 9.47 Å². The Bertz CT molecular complexity index is 412. The predicted octanol–water partition coefficient (Wildman–Crippen LogP) is 3.56. The van der Waals surface area contributed by atoms with Crippen molar-refractivity contribution in [1.82, 2.24) is 0 Å². The van der Waals surface area contributed by atoms with Crippen molar-refractivity contribution in [2.75, 3.05) is 18.5 Å². The molecule has 0 atom stereocenters. The van der Waals surface area contributed by atoms with Gasteiger partial charge in [-0.2, -0.15) is 0 Å². The fraction of sp³-hybridized carbons (Fsp3) is 0.364. The second kappa shape index (κ2) is 6.44. The summed E-state index contributed by atoms with van der Waals surface area (Å²) in [5, 5.41) is 2.30. The van der Waals surface area contributed by atoms with Gasteiger partial charge in [0.25, 0.3) is 0 Å². The average Bonchev–Trinajstić information content (AvgIpc) is 2.25. The van der Waals surface area contributed by atoms with Gasteiger partial charge in [-0.05, 0) is 35.8 Å². The normalized spacial score (nSPS) is 9.88. The molecule has 0 aliphatic carbocycles. The fourth-order valence-electron chi connectivity index (χ4n) is 1.17. The van der Waals surface area contributed by atoms with Crippen molar-refractivity contribution in [2.24, 2.45) is 0 Å². The molecule has 0 bridgehead atoms. The lowest BCUT2D eigenvalue weighted by molar-refractivity contribution is 0.168. The Kier molecular flexibility index (Phi) is 5.21. The summed E-state index contributed by atoms with van der Waals surface area (Å²) in [6.07, 6.45) is -0.698. The number of anilines is 1. The maximum atomic E-state index is 13.5. The largest absolute Gasteiger partial charge is 0.493 e. The summed E-state index contributed by atoms with van der Waals surface area (Å²) < 4.78 is 23.9. The lowest BCUT2D eigenvalue weighted by Crippen LogP contribution is -2.14. The first-order valence-corrected chi connectivity index (χ1v) is 5.93. The Labute approximate surface area is 107 Å². The van der Waals surface area contributed by atoms with E-state index < -0.39 is 11.9 Å². The van der Waals surface area contributed by atoms with Gasteiger partial charge in [-0.15, -0.1) is 0 Å². The maximum Gasteiger partial charge on any atom is 0.411 e. The van der Waals surface area contributed by atoms with E-state index in [0.717, 1.165) is 0 Å². The third-order valence-corrected chi connectivity index (χ3v) is 2.45. The number of nitrogens with one attached hydrogen (secondary N) is 1. The number of hydrogen-bond acceptors (Lipinski definition) is 3. The first kappa shape index (κ1) is 13.8. The minimum absolute atomic E-state index is 0.0232. The van der Waals surface area contributed by atoms with E-state index in [1.165, 1.54) is 12.1 Å². The molecule has 1 N–H and O–H groups in total. The Hall–Kier alpha value is -1.30. The Morgan fingerprint density at radius 3 is 2.71 bits per heavy atom. The summed E-state index contributed by atoms with van der Waals surface area (Å²) in [5.74, 6) is -0.103. The second-order valence-corrected chi connectivity index (χ2v) is 3.90. The molecule has 0 saturated carbocycles. The molecule has 94 valence electrons. The summed E-state index contributed by atoms with van der Waals surface area (Å²) in [6, 6.07) is 2.63. The van der Waals surface area contributed by atoms with Crippen LogP contribution in [0.5, 0.6) is 5.75 Å². The molecule has 0 radical (unpaired) electrons. The van der Waals surface area contributed by atoms with Crippen molar-refractivity contribution in [1.29, 1.82) is 0 Å². The molecule has 17 heavy (non-hydrogen) atoms. The molecule has 0 spiro atoms.